The van der Waals surface area contributed by atoms with Crippen LogP contribution in [-0.2, 0) is 0 Å². The van der Waals surface area contributed by atoms with Crippen LogP contribution in [0.3, 0.4) is 0 Å². The molecule has 0 aromatic heterocycles. The Morgan fingerprint density at radius 3 is 2.25 bits per heavy atom. The van der Waals surface area contributed by atoms with Gasteiger partial charge < -0.3 is 0 Å². The van der Waals surface area contributed by atoms with Gasteiger partial charge in [-0.15, -0.1) is 8.46 Å². The van der Waals surface area contributed by atoms with Crippen molar-refractivity contribution in [3.8, 4) is 0 Å². The van der Waals surface area contributed by atoms with Gasteiger partial charge in [-0.2, -0.15) is 0 Å². The monoisotopic (exact) mass is 70.0 g/mol. The van der Waals surface area contributed by atoms with Crippen LogP contribution >= 0.6 is 8.46 Å². The van der Waals surface area contributed by atoms with Gasteiger partial charge in [-0.1, -0.05) is 12.4 Å². The Balaban J connectivity index is 2.30. The maximum absolute atomic E-state index is 4.94. The molecule has 0 nitrogen and oxygen atoms in total. The van der Waals surface area contributed by atoms with E-state index in [-0.39, 0.29) is 0 Å². The van der Waals surface area contributed by atoms with E-state index in [9.17, 15) is 0 Å². The maximum Gasteiger partial charge on any atom is 0.110 e. The summed E-state index contributed by atoms with van der Waals surface area (Å²) in [6.07, 6.45) is 0. The van der Waals surface area contributed by atoms with Gasteiger partial charge in [-0.25, -0.2) is 0 Å². The Labute approximate surface area is 29.4 Å². The predicted octanol–water partition coefficient (Wildman–Crippen LogP) is 0.892. The third-order valence-corrected chi connectivity index (χ3v) is 0.354. The molecule has 0 aromatic rings. The first-order chi connectivity index (χ1) is 1.91. The van der Waals surface area contributed by atoms with Crippen LogP contribution in [-0.4, -0.2) is 7.57 Å². The van der Waals surface area contributed by atoms with Gasteiger partial charge >= 0.3 is 0 Å². The minimum atomic E-state index is 0.404. The Morgan fingerprint density at radius 2 is 2.25 bits per heavy atom. The molecule has 0 aliphatic carbocycles. The van der Waals surface area contributed by atoms with Crippen molar-refractivity contribution < 1.29 is 0 Å². The van der Waals surface area contributed by atoms with Gasteiger partial charge in [0.05, 0.1) is 0 Å². The van der Waals surface area contributed by atoms with Gasteiger partial charge in [0.1, 0.15) is 7.57 Å². The second-order valence-electron chi connectivity index (χ2n) is 0.371. The maximum atomic E-state index is 4.94. The van der Waals surface area contributed by atoms with Crippen LogP contribution < -0.4 is 0 Å². The second-order valence-corrected chi connectivity index (χ2v) is 1.11. The number of rotatable bonds is 1. The number of hydrogen-bond donors (Lipinski definition) is 0. The molecule has 1 atom stereocenters. The van der Waals surface area contributed by atoms with E-state index >= 15 is 0 Å². The van der Waals surface area contributed by atoms with Crippen LogP contribution in [0.25, 0.3) is 0 Å². The molecule has 20 valence electrons. The first-order valence-electron chi connectivity index (χ1n) is 0.986. The summed E-state index contributed by atoms with van der Waals surface area (Å²) in [6, 6.07) is 0. The smallest absolute Gasteiger partial charge is 0.110 e. The van der Waals surface area contributed by atoms with E-state index in [0.717, 1.165) is 0 Å². The van der Waals surface area contributed by atoms with Crippen molar-refractivity contribution in [3.63, 3.8) is 0 Å². The van der Waals surface area contributed by atoms with E-state index in [1.54, 1.807) is 5.82 Å². The van der Waals surface area contributed by atoms with Crippen LogP contribution in [0.2, 0.25) is 0 Å². The highest BCUT2D eigenvalue weighted by Crippen LogP contribution is 1.95. The molecule has 4 heavy (non-hydrogen) atoms. The zero-order chi connectivity index (χ0) is 3.41. The molecule has 2 radical (unpaired) electrons. The molecule has 0 bridgehead atoms. The van der Waals surface area contributed by atoms with Crippen LogP contribution in [0.15, 0.2) is 12.4 Å². The third kappa shape index (κ3) is 2.23. The minimum absolute atomic E-state index is 0.404. The first-order valence-corrected chi connectivity index (χ1v) is 2.14. The molecule has 0 aliphatic heterocycles. The lowest BCUT2D eigenvalue weighted by molar-refractivity contribution is 2.67. The van der Waals surface area contributed by atoms with E-state index in [1.807, 2.05) is 0 Å². The Bertz CT molecular complexity index is 20.0. The van der Waals surface area contributed by atoms with Crippen molar-refractivity contribution in [2.75, 3.05) is 0 Å². The zero-order valence-electron chi connectivity index (χ0n) is 2.36. The molecule has 0 amide bonds. The second kappa shape index (κ2) is 3.23. The standard InChI is InChI=1S/C2H4BP/c1-2-4-3/h2,4H,1H2. The third-order valence-electron chi connectivity index (χ3n) is 0.118. The molecule has 1 unspecified atom stereocenters. The summed E-state index contributed by atoms with van der Waals surface area (Å²) in [7, 11) is 5.34. The van der Waals surface area contributed by atoms with Gasteiger partial charge in [-0.3, -0.25) is 0 Å². The summed E-state index contributed by atoms with van der Waals surface area (Å²) in [5.41, 5.74) is 0. The van der Waals surface area contributed by atoms with Crippen molar-refractivity contribution in [2.45, 2.75) is 0 Å². The molecule has 2 heteroatoms. The van der Waals surface area contributed by atoms with E-state index < -0.39 is 0 Å². The van der Waals surface area contributed by atoms with Crippen molar-refractivity contribution in [1.29, 1.82) is 0 Å². The summed E-state index contributed by atoms with van der Waals surface area (Å²) >= 11 is 0. The largest absolute Gasteiger partial charge is 0.150 e. The minimum Gasteiger partial charge on any atom is -0.150 e. The fraction of sp³-hybridized carbons (Fsp3) is 0. The Kier molecular flexibility index (Phi) is 3.42. The topological polar surface area (TPSA) is 0 Å². The summed E-state index contributed by atoms with van der Waals surface area (Å²) < 4.78 is 0. The van der Waals surface area contributed by atoms with Gasteiger partial charge in [0.2, 0.25) is 0 Å². The van der Waals surface area contributed by atoms with Gasteiger partial charge in [0.15, 0.2) is 0 Å². The van der Waals surface area contributed by atoms with Crippen molar-refractivity contribution >= 4 is 16.0 Å². The highest BCUT2D eigenvalue weighted by Gasteiger charge is 1.44. The lowest BCUT2D eigenvalue weighted by atomic mass is 10.8. The van der Waals surface area contributed by atoms with Crippen LogP contribution in [0.1, 0.15) is 0 Å². The Hall–Kier alpha value is 0.235. The Morgan fingerprint density at radius 1 is 2.00 bits per heavy atom. The van der Waals surface area contributed by atoms with E-state index in [2.05, 4.69) is 6.58 Å². The normalized spacial score (nSPS) is 9.00. The summed E-state index contributed by atoms with van der Waals surface area (Å²) in [4.78, 5) is 0. The fourth-order valence-electron chi connectivity index (χ4n) is 0. The molecule has 0 N–H and O–H groups in total. The highest BCUT2D eigenvalue weighted by atomic mass is 31.1. The first kappa shape index (κ1) is 4.23. The molecular weight excluding hydrogens is 65.8 g/mol. The summed E-state index contributed by atoms with van der Waals surface area (Å²) in [5.74, 6) is 1.68. The van der Waals surface area contributed by atoms with Gasteiger partial charge in [-0.05, 0) is 0 Å². The molecule has 0 saturated carbocycles. The van der Waals surface area contributed by atoms with Gasteiger partial charge in [0.25, 0.3) is 0 Å². The van der Waals surface area contributed by atoms with Crippen molar-refractivity contribution in [1.82, 2.24) is 0 Å². The van der Waals surface area contributed by atoms with E-state index in [4.69, 9.17) is 7.57 Å². The van der Waals surface area contributed by atoms with Gasteiger partial charge in [0, 0.05) is 0 Å². The molecule has 0 aromatic carbocycles. The molecule has 0 saturated heterocycles. The molecule has 0 heterocycles. The lowest BCUT2D eigenvalue weighted by Crippen LogP contribution is -1.25. The average Bonchev–Trinajstić information content (AvgIpc) is 1.37. The van der Waals surface area contributed by atoms with Crippen molar-refractivity contribution in [3.05, 3.63) is 12.4 Å². The molecule has 0 fully saturated rings. The zero-order valence-corrected chi connectivity index (χ0v) is 3.36. The number of hydrogen-bond acceptors (Lipinski definition) is 0. The molecule has 0 aliphatic rings. The SMILES string of the molecule is [B]PC=C. The lowest BCUT2D eigenvalue weighted by Gasteiger charge is -1.59. The summed E-state index contributed by atoms with van der Waals surface area (Å²) in [5, 5.41) is 0. The fourth-order valence-corrected chi connectivity index (χ4v) is 0. The van der Waals surface area contributed by atoms with E-state index in [1.165, 1.54) is 0 Å². The molecule has 0 rings (SSSR count). The highest BCUT2D eigenvalue weighted by molar-refractivity contribution is 7.69. The average molecular weight is 69.8 g/mol. The van der Waals surface area contributed by atoms with Crippen LogP contribution in [0.5, 0.6) is 0 Å². The van der Waals surface area contributed by atoms with Crippen LogP contribution in [0, 0.1) is 0 Å². The molecular formula is C2H4BP. The predicted molar refractivity (Wildman–Crippen MR) is 24.3 cm³/mol. The van der Waals surface area contributed by atoms with Crippen molar-refractivity contribution in [2.24, 2.45) is 0 Å². The summed E-state index contributed by atoms with van der Waals surface area (Å²) in [6.45, 7) is 3.37. The van der Waals surface area contributed by atoms with Crippen LogP contribution in [0.4, 0.5) is 0 Å². The quantitative estimate of drug-likeness (QED) is 0.317. The molecule has 0 spiro atoms. The van der Waals surface area contributed by atoms with E-state index in [0.29, 0.717) is 8.46 Å².